The molecule has 0 bridgehead atoms. The molecule has 0 saturated heterocycles. The summed E-state index contributed by atoms with van der Waals surface area (Å²) < 4.78 is 18.5. The van der Waals surface area contributed by atoms with Gasteiger partial charge in [0.2, 0.25) is 0 Å². The van der Waals surface area contributed by atoms with Crippen molar-refractivity contribution in [3.05, 3.63) is 64.2 Å². The van der Waals surface area contributed by atoms with Gasteiger partial charge in [-0.05, 0) is 69.2 Å². The summed E-state index contributed by atoms with van der Waals surface area (Å²) >= 11 is 0. The molecule has 0 fully saturated rings. The summed E-state index contributed by atoms with van der Waals surface area (Å²) in [5.41, 5.74) is 5.88. The molecule has 1 atom stereocenters. The summed E-state index contributed by atoms with van der Waals surface area (Å²) in [5, 5.41) is 9.78. The van der Waals surface area contributed by atoms with Crippen molar-refractivity contribution in [3.63, 3.8) is 0 Å². The molecule has 2 aromatic carbocycles. The number of aryl methyl sites for hydroxylation is 5. The largest absolute Gasteiger partial charge is 0.508 e. The van der Waals surface area contributed by atoms with E-state index < -0.39 is 7.60 Å². The molecule has 0 spiro atoms. The van der Waals surface area contributed by atoms with Crippen LogP contribution >= 0.6 is 7.60 Å². The lowest BCUT2D eigenvalue weighted by Gasteiger charge is -2.30. The van der Waals surface area contributed by atoms with E-state index in [-0.39, 0.29) is 12.8 Å². The van der Waals surface area contributed by atoms with E-state index in [0.29, 0.717) is 18.7 Å². The fraction of sp³-hybridized carbons (Fsp3) is 0.538. The maximum atomic E-state index is 12.4. The van der Waals surface area contributed by atoms with Gasteiger partial charge in [-0.15, -0.1) is 0 Å². The van der Waals surface area contributed by atoms with Crippen LogP contribution in [0.15, 0.2) is 36.4 Å². The van der Waals surface area contributed by atoms with Gasteiger partial charge in [-0.25, -0.2) is 0 Å². The van der Waals surface area contributed by atoms with Crippen LogP contribution in [0.2, 0.25) is 0 Å². The van der Waals surface area contributed by atoms with Crippen molar-refractivity contribution in [1.29, 1.82) is 0 Å². The molecule has 5 nitrogen and oxygen atoms in total. The van der Waals surface area contributed by atoms with Gasteiger partial charge in [0.25, 0.3) is 0 Å². The Kier molecular flexibility index (Phi) is 9.97. The van der Waals surface area contributed by atoms with Gasteiger partial charge in [0.15, 0.2) is 0 Å². The highest BCUT2D eigenvalue weighted by atomic mass is 31.2. The predicted molar refractivity (Wildman–Crippen MR) is 133 cm³/mol. The first-order valence-corrected chi connectivity index (χ1v) is 13.4. The lowest BCUT2D eigenvalue weighted by molar-refractivity contribution is -0.890. The van der Waals surface area contributed by atoms with E-state index in [9.17, 15) is 14.6 Å². The Bertz CT molecular complexity index is 906. The van der Waals surface area contributed by atoms with E-state index in [1.807, 2.05) is 19.1 Å². The van der Waals surface area contributed by atoms with E-state index in [2.05, 4.69) is 46.1 Å². The number of phenols is 1. The van der Waals surface area contributed by atoms with E-state index >= 15 is 0 Å². The van der Waals surface area contributed by atoms with Gasteiger partial charge >= 0.3 is 7.60 Å². The van der Waals surface area contributed by atoms with Gasteiger partial charge in [0, 0.05) is 6.42 Å². The quantitative estimate of drug-likeness (QED) is 0.233. The van der Waals surface area contributed by atoms with E-state index in [1.165, 1.54) is 16.7 Å². The molecule has 0 radical (unpaired) electrons. The first-order valence-electron chi connectivity index (χ1n) is 11.6. The van der Waals surface area contributed by atoms with Gasteiger partial charge in [-0.2, -0.15) is 0 Å². The molecule has 2 N–H and O–H groups in total. The SMILES string of the molecule is Cc1cc(C)cc(CCC[N+](C)(C)CCOP(=O)(O)CCCCc2ccc(C)c(O)c2)c1. The van der Waals surface area contributed by atoms with Crippen LogP contribution in [-0.2, 0) is 21.9 Å². The third-order valence-electron chi connectivity index (χ3n) is 5.93. The zero-order valence-electron chi connectivity index (χ0n) is 20.4. The normalized spacial score (nSPS) is 13.8. The summed E-state index contributed by atoms with van der Waals surface area (Å²) in [5.74, 6) is 0.299. The third-order valence-corrected chi connectivity index (χ3v) is 7.40. The number of phenolic OH excluding ortho intramolecular Hbond substituents is 1. The van der Waals surface area contributed by atoms with Crippen LogP contribution in [0.4, 0.5) is 0 Å². The van der Waals surface area contributed by atoms with Crippen molar-refractivity contribution in [2.24, 2.45) is 0 Å². The molecule has 0 amide bonds. The number of benzene rings is 2. The summed E-state index contributed by atoms with van der Waals surface area (Å²) in [6.45, 7) is 8.12. The van der Waals surface area contributed by atoms with Gasteiger partial charge in [0.1, 0.15) is 18.9 Å². The van der Waals surface area contributed by atoms with Crippen molar-refractivity contribution in [2.45, 2.75) is 52.9 Å². The Hall–Kier alpha value is -1.65. The van der Waals surface area contributed by atoms with E-state index in [4.69, 9.17) is 4.52 Å². The van der Waals surface area contributed by atoms with Crippen LogP contribution in [0.25, 0.3) is 0 Å². The minimum absolute atomic E-state index is 0.172. The maximum Gasteiger partial charge on any atom is 0.328 e. The second-order valence-corrected chi connectivity index (χ2v) is 11.7. The monoisotopic (exact) mass is 462 g/mol. The molecule has 2 rings (SSSR count). The zero-order chi connectivity index (χ0) is 23.8. The first-order chi connectivity index (χ1) is 15.0. The molecule has 0 aromatic heterocycles. The zero-order valence-corrected chi connectivity index (χ0v) is 21.3. The summed E-state index contributed by atoms with van der Waals surface area (Å²) in [6, 6.07) is 12.3. The topological polar surface area (TPSA) is 66.8 Å². The van der Waals surface area contributed by atoms with Crippen molar-refractivity contribution in [2.75, 3.05) is 40.0 Å². The van der Waals surface area contributed by atoms with Gasteiger partial charge < -0.3 is 19.0 Å². The molecule has 0 saturated carbocycles. The number of hydrogen-bond acceptors (Lipinski definition) is 3. The average Bonchev–Trinajstić information content (AvgIpc) is 2.66. The Morgan fingerprint density at radius 1 is 0.875 bits per heavy atom. The number of hydrogen-bond donors (Lipinski definition) is 2. The van der Waals surface area contributed by atoms with E-state index in [1.54, 1.807) is 6.07 Å². The second-order valence-electron chi connectivity index (χ2n) is 9.75. The number of quaternary nitrogens is 1. The van der Waals surface area contributed by atoms with Crippen LogP contribution in [0.3, 0.4) is 0 Å². The molecule has 0 aliphatic carbocycles. The fourth-order valence-corrected chi connectivity index (χ4v) is 5.10. The number of nitrogens with zero attached hydrogens (tertiary/aromatic N) is 1. The Morgan fingerprint density at radius 2 is 1.53 bits per heavy atom. The fourth-order valence-electron chi connectivity index (χ4n) is 3.98. The molecule has 32 heavy (non-hydrogen) atoms. The molecule has 0 aliphatic heterocycles. The molecular formula is C26H41NO4P+. The first kappa shape index (κ1) is 26.6. The predicted octanol–water partition coefficient (Wildman–Crippen LogP) is 5.55. The minimum atomic E-state index is -3.56. The smallest absolute Gasteiger partial charge is 0.328 e. The number of aromatic hydroxyl groups is 1. The molecule has 0 aliphatic rings. The number of unbranched alkanes of at least 4 members (excludes halogenated alkanes) is 1. The number of rotatable bonds is 13. The van der Waals surface area contributed by atoms with Crippen LogP contribution in [0.5, 0.6) is 5.75 Å². The Balaban J connectivity index is 1.65. The van der Waals surface area contributed by atoms with Gasteiger partial charge in [-0.1, -0.05) is 41.5 Å². The molecule has 2 aromatic rings. The van der Waals surface area contributed by atoms with Crippen molar-refractivity contribution < 1.29 is 23.6 Å². The molecule has 1 unspecified atom stereocenters. The van der Waals surface area contributed by atoms with Gasteiger partial charge in [-0.3, -0.25) is 4.57 Å². The highest BCUT2D eigenvalue weighted by Crippen LogP contribution is 2.42. The maximum absolute atomic E-state index is 12.4. The standard InChI is InChI=1S/C26H40NO4P/c1-21-17-22(2)19-25(18-21)10-8-13-27(4,5)14-15-31-32(29,30)16-7-6-9-24-12-11-23(3)26(28)20-24/h11-12,17-20H,6-10,13-16H2,1-5H3,(H-,28,29,30)/p+1. The summed E-state index contributed by atoms with van der Waals surface area (Å²) in [7, 11) is 0.725. The van der Waals surface area contributed by atoms with Crippen molar-refractivity contribution >= 4 is 7.60 Å². The van der Waals surface area contributed by atoms with E-state index in [0.717, 1.165) is 47.8 Å². The number of likely N-dealkylation sites (N-methyl/N-ethyl adjacent to an activating group) is 1. The summed E-state index contributed by atoms with van der Waals surface area (Å²) in [4.78, 5) is 10.2. The second kappa shape index (κ2) is 12.0. The van der Waals surface area contributed by atoms with Crippen molar-refractivity contribution in [1.82, 2.24) is 0 Å². The summed E-state index contributed by atoms with van der Waals surface area (Å²) in [6.07, 6.45) is 4.47. The van der Waals surface area contributed by atoms with Gasteiger partial charge in [0.05, 0.1) is 26.8 Å². The molecule has 178 valence electrons. The lowest BCUT2D eigenvalue weighted by atomic mass is 10.0. The minimum Gasteiger partial charge on any atom is -0.508 e. The van der Waals surface area contributed by atoms with Crippen molar-refractivity contribution in [3.8, 4) is 5.75 Å². The Labute approximate surface area is 194 Å². The van der Waals surface area contributed by atoms with Crippen LogP contribution < -0.4 is 0 Å². The average molecular weight is 463 g/mol. The van der Waals surface area contributed by atoms with Crippen LogP contribution in [-0.4, -0.2) is 54.4 Å². The Morgan fingerprint density at radius 3 is 2.19 bits per heavy atom. The molecule has 6 heteroatoms. The highest BCUT2D eigenvalue weighted by Gasteiger charge is 2.22. The highest BCUT2D eigenvalue weighted by molar-refractivity contribution is 7.52. The molecule has 0 heterocycles. The van der Waals surface area contributed by atoms with Crippen LogP contribution in [0, 0.1) is 20.8 Å². The molecular weight excluding hydrogens is 421 g/mol. The lowest BCUT2D eigenvalue weighted by Crippen LogP contribution is -2.43. The third kappa shape index (κ3) is 9.87. The van der Waals surface area contributed by atoms with Crippen LogP contribution in [0.1, 0.15) is 47.1 Å².